The number of methoxy groups -OCH3 is 1. The van der Waals surface area contributed by atoms with Crippen LogP contribution in [0.2, 0.25) is 10.0 Å². The van der Waals surface area contributed by atoms with Gasteiger partial charge in [0.2, 0.25) is 0 Å². The maximum atomic E-state index is 13.9. The number of morpholine rings is 1. The Labute approximate surface area is 222 Å². The molecule has 0 aliphatic carbocycles. The number of imide groups is 1. The van der Waals surface area contributed by atoms with Crippen molar-refractivity contribution in [1.29, 1.82) is 0 Å². The van der Waals surface area contributed by atoms with E-state index in [0.717, 1.165) is 5.56 Å². The van der Waals surface area contributed by atoms with E-state index in [9.17, 15) is 14.4 Å². The Morgan fingerprint density at radius 2 is 1.70 bits per heavy atom. The number of rotatable bonds is 7. The van der Waals surface area contributed by atoms with Crippen LogP contribution in [-0.2, 0) is 32.2 Å². The lowest BCUT2D eigenvalue weighted by atomic mass is 10.0. The number of aromatic amines is 1. The van der Waals surface area contributed by atoms with Crippen LogP contribution in [0.1, 0.15) is 16.8 Å². The van der Waals surface area contributed by atoms with Crippen LogP contribution in [0.15, 0.2) is 59.0 Å². The molecule has 0 saturated carbocycles. The zero-order chi connectivity index (χ0) is 26.1. The predicted octanol–water partition coefficient (Wildman–Crippen LogP) is 3.23. The lowest BCUT2D eigenvalue weighted by Gasteiger charge is -2.29. The Morgan fingerprint density at radius 1 is 0.973 bits per heavy atom. The van der Waals surface area contributed by atoms with E-state index in [1.54, 1.807) is 18.2 Å². The van der Waals surface area contributed by atoms with E-state index in [2.05, 4.69) is 5.10 Å². The molecule has 192 valence electrons. The lowest BCUT2D eigenvalue weighted by molar-refractivity contribution is -0.138. The zero-order valence-corrected chi connectivity index (χ0v) is 21.5. The number of nitrogens with zero attached hydrogens (tertiary/aromatic N) is 3. The molecule has 2 amide bonds. The second-order valence-corrected chi connectivity index (χ2v) is 9.46. The summed E-state index contributed by atoms with van der Waals surface area (Å²) in [5, 5.41) is 3.64. The average Bonchev–Trinajstić information content (AvgIpc) is 3.35. The first-order chi connectivity index (χ1) is 17.9. The molecule has 0 spiro atoms. The van der Waals surface area contributed by atoms with Gasteiger partial charge in [0.15, 0.2) is 0 Å². The van der Waals surface area contributed by atoms with E-state index in [1.165, 1.54) is 16.7 Å². The number of carbonyl (C=O) groups is 2. The predicted molar refractivity (Wildman–Crippen MR) is 138 cm³/mol. The summed E-state index contributed by atoms with van der Waals surface area (Å²) >= 11 is 12.3. The van der Waals surface area contributed by atoms with Gasteiger partial charge in [0.25, 0.3) is 17.4 Å². The van der Waals surface area contributed by atoms with Gasteiger partial charge in [-0.2, -0.15) is 0 Å². The average molecular weight is 543 g/mol. The summed E-state index contributed by atoms with van der Waals surface area (Å²) < 4.78 is 12.1. The third-order valence-corrected chi connectivity index (χ3v) is 7.06. The van der Waals surface area contributed by atoms with Gasteiger partial charge >= 0.3 is 0 Å². The summed E-state index contributed by atoms with van der Waals surface area (Å²) in [5.41, 5.74) is 1.41. The molecular formula is C26H24Cl2N4O5. The fourth-order valence-corrected chi connectivity index (χ4v) is 4.87. The molecule has 1 fully saturated rings. The van der Waals surface area contributed by atoms with Crippen LogP contribution in [0, 0.1) is 0 Å². The largest absolute Gasteiger partial charge is 0.378 e. The van der Waals surface area contributed by atoms with Crippen molar-refractivity contribution in [2.45, 2.75) is 13.2 Å². The van der Waals surface area contributed by atoms with Gasteiger partial charge in [0.1, 0.15) is 5.70 Å². The number of ether oxygens (including phenoxy) is 2. The fraction of sp³-hybridized carbons (Fsp3) is 0.269. The molecule has 9 nitrogen and oxygen atoms in total. The Hall–Kier alpha value is -3.37. The van der Waals surface area contributed by atoms with Gasteiger partial charge < -0.3 is 14.4 Å². The van der Waals surface area contributed by atoms with Gasteiger partial charge in [-0.1, -0.05) is 53.5 Å². The monoisotopic (exact) mass is 542 g/mol. The van der Waals surface area contributed by atoms with E-state index < -0.39 is 17.4 Å². The van der Waals surface area contributed by atoms with Crippen molar-refractivity contribution in [2.75, 3.05) is 33.4 Å². The first-order valence-electron chi connectivity index (χ1n) is 11.7. The molecule has 2 aliphatic rings. The van der Waals surface area contributed by atoms with Gasteiger partial charge in [0.05, 0.1) is 58.9 Å². The normalized spacial score (nSPS) is 16.3. The van der Waals surface area contributed by atoms with Crippen molar-refractivity contribution in [3.8, 4) is 5.69 Å². The molecule has 0 unspecified atom stereocenters. The zero-order valence-electron chi connectivity index (χ0n) is 20.0. The van der Waals surface area contributed by atoms with Gasteiger partial charge in [-0.05, 0) is 23.8 Å². The summed E-state index contributed by atoms with van der Waals surface area (Å²) in [6.07, 6.45) is 0. The van der Waals surface area contributed by atoms with Gasteiger partial charge in [0, 0.05) is 20.2 Å². The fourth-order valence-electron chi connectivity index (χ4n) is 4.57. The number of hydrogen-bond donors (Lipinski definition) is 1. The van der Waals surface area contributed by atoms with Crippen LogP contribution in [0.4, 0.5) is 0 Å². The number of aromatic nitrogens is 2. The molecule has 0 radical (unpaired) electrons. The van der Waals surface area contributed by atoms with E-state index in [-0.39, 0.29) is 35.0 Å². The summed E-state index contributed by atoms with van der Waals surface area (Å²) in [4.78, 5) is 44.4. The first kappa shape index (κ1) is 25.3. The first-order valence-corrected chi connectivity index (χ1v) is 12.4. The second kappa shape index (κ2) is 10.5. The standard InChI is InChI=1S/C26H24Cl2N4O5/c1-36-15-20-21(25(34)32(29-20)17-7-8-18(27)19(28)13-17)22-23(30-9-11-37-12-10-30)26(35)31(24(22)33)14-16-5-3-2-4-6-16/h2-8,13,29H,9-12,14-15H2,1H3. The van der Waals surface area contributed by atoms with E-state index in [0.29, 0.717) is 42.7 Å². The molecule has 0 atom stereocenters. The molecular weight excluding hydrogens is 519 g/mol. The number of nitrogens with one attached hydrogen (secondary N) is 1. The number of amides is 2. The summed E-state index contributed by atoms with van der Waals surface area (Å²) in [6, 6.07) is 14.0. The molecule has 3 heterocycles. The maximum Gasteiger partial charge on any atom is 0.279 e. The molecule has 1 aromatic heterocycles. The van der Waals surface area contributed by atoms with Crippen LogP contribution < -0.4 is 5.56 Å². The van der Waals surface area contributed by atoms with Gasteiger partial charge in [-0.25, -0.2) is 4.68 Å². The van der Waals surface area contributed by atoms with E-state index in [1.807, 2.05) is 35.2 Å². The Balaban J connectivity index is 1.67. The third kappa shape index (κ3) is 4.71. The van der Waals surface area contributed by atoms with E-state index >= 15 is 0 Å². The lowest BCUT2D eigenvalue weighted by Crippen LogP contribution is -2.40. The number of hydrogen-bond acceptors (Lipinski definition) is 6. The van der Waals surface area contributed by atoms with Crippen molar-refractivity contribution in [3.05, 3.63) is 91.4 Å². The highest BCUT2D eigenvalue weighted by atomic mass is 35.5. The molecule has 11 heteroatoms. The smallest absolute Gasteiger partial charge is 0.279 e. The Bertz CT molecular complexity index is 1440. The minimum Gasteiger partial charge on any atom is -0.378 e. The van der Waals surface area contributed by atoms with Crippen LogP contribution in [-0.4, -0.2) is 64.8 Å². The number of carbonyl (C=O) groups excluding carboxylic acids is 2. The van der Waals surface area contributed by atoms with Crippen LogP contribution in [0.3, 0.4) is 0 Å². The molecule has 2 aliphatic heterocycles. The summed E-state index contributed by atoms with van der Waals surface area (Å²) in [6.45, 7) is 1.74. The second-order valence-electron chi connectivity index (χ2n) is 8.64. The van der Waals surface area contributed by atoms with Crippen LogP contribution in [0.5, 0.6) is 0 Å². The SMILES string of the molecule is COCc1[nH]n(-c2ccc(Cl)c(Cl)c2)c(=O)c1C1=C(N2CCOCC2)C(=O)N(Cc2ccccc2)C1=O. The topological polar surface area (TPSA) is 96.9 Å². The summed E-state index contributed by atoms with van der Waals surface area (Å²) in [7, 11) is 1.49. The number of H-pyrrole nitrogens is 1. The maximum absolute atomic E-state index is 13.9. The number of halogens is 2. The van der Waals surface area contributed by atoms with Crippen molar-refractivity contribution < 1.29 is 19.1 Å². The highest BCUT2D eigenvalue weighted by molar-refractivity contribution is 6.42. The van der Waals surface area contributed by atoms with Crippen LogP contribution in [0.25, 0.3) is 11.3 Å². The third-order valence-electron chi connectivity index (χ3n) is 6.32. The minimum atomic E-state index is -0.537. The van der Waals surface area contributed by atoms with E-state index in [4.69, 9.17) is 32.7 Å². The highest BCUT2D eigenvalue weighted by Gasteiger charge is 2.44. The molecule has 1 N–H and O–H groups in total. The minimum absolute atomic E-state index is 0.0128. The Morgan fingerprint density at radius 3 is 2.38 bits per heavy atom. The van der Waals surface area contributed by atoms with Crippen molar-refractivity contribution in [1.82, 2.24) is 19.6 Å². The molecule has 3 aromatic rings. The van der Waals surface area contributed by atoms with Crippen molar-refractivity contribution >= 4 is 40.6 Å². The quantitative estimate of drug-likeness (QED) is 0.460. The van der Waals surface area contributed by atoms with Crippen molar-refractivity contribution in [2.24, 2.45) is 0 Å². The van der Waals surface area contributed by atoms with Gasteiger partial charge in [-0.3, -0.25) is 24.4 Å². The molecule has 5 rings (SSSR count). The molecule has 1 saturated heterocycles. The Kier molecular flexibility index (Phi) is 7.21. The molecule has 37 heavy (non-hydrogen) atoms. The summed E-state index contributed by atoms with van der Waals surface area (Å²) in [5.74, 6) is -0.985. The van der Waals surface area contributed by atoms with Gasteiger partial charge in [-0.15, -0.1) is 0 Å². The van der Waals surface area contributed by atoms with Crippen molar-refractivity contribution in [3.63, 3.8) is 0 Å². The molecule has 0 bridgehead atoms. The number of benzene rings is 2. The molecule has 2 aromatic carbocycles. The highest BCUT2D eigenvalue weighted by Crippen LogP contribution is 2.34. The van der Waals surface area contributed by atoms with Crippen LogP contribution >= 0.6 is 23.2 Å².